The summed E-state index contributed by atoms with van der Waals surface area (Å²) < 4.78 is 13.6. The first-order chi connectivity index (χ1) is 10.0. The van der Waals surface area contributed by atoms with Crippen molar-refractivity contribution in [2.24, 2.45) is 0 Å². The van der Waals surface area contributed by atoms with Crippen LogP contribution in [0.5, 0.6) is 0 Å². The molecule has 112 valence electrons. The summed E-state index contributed by atoms with van der Waals surface area (Å²) in [7, 11) is 0. The molecular formula is C15H18ClFN4. The quantitative estimate of drug-likeness (QED) is 0.878. The van der Waals surface area contributed by atoms with Gasteiger partial charge in [-0.2, -0.15) is 4.98 Å². The minimum atomic E-state index is -0.159. The number of aryl methyl sites for hydroxylation is 2. The van der Waals surface area contributed by atoms with E-state index < -0.39 is 0 Å². The molecule has 0 aliphatic heterocycles. The van der Waals surface area contributed by atoms with Gasteiger partial charge < -0.3 is 10.6 Å². The largest absolute Gasteiger partial charge is 0.365 e. The monoisotopic (exact) mass is 308 g/mol. The summed E-state index contributed by atoms with van der Waals surface area (Å²) in [5, 5.41) is 6.64. The van der Waals surface area contributed by atoms with E-state index in [0.29, 0.717) is 34.5 Å². The molecule has 0 fully saturated rings. The number of hydrogen-bond acceptors (Lipinski definition) is 4. The number of anilines is 2. The van der Waals surface area contributed by atoms with Gasteiger partial charge >= 0.3 is 0 Å². The van der Waals surface area contributed by atoms with Gasteiger partial charge in [-0.25, -0.2) is 9.37 Å². The van der Waals surface area contributed by atoms with Gasteiger partial charge in [-0.3, -0.25) is 0 Å². The van der Waals surface area contributed by atoms with E-state index in [4.69, 9.17) is 11.6 Å². The van der Waals surface area contributed by atoms with Gasteiger partial charge in [0, 0.05) is 13.1 Å². The van der Waals surface area contributed by atoms with Crippen LogP contribution in [0.1, 0.15) is 23.6 Å². The Morgan fingerprint density at radius 2 is 1.86 bits per heavy atom. The highest BCUT2D eigenvalue weighted by Gasteiger charge is 2.07. The number of nitrogens with one attached hydrogen (secondary N) is 2. The summed E-state index contributed by atoms with van der Waals surface area (Å²) >= 11 is 6.08. The Morgan fingerprint density at radius 3 is 2.48 bits per heavy atom. The molecule has 0 saturated heterocycles. The minimum absolute atomic E-state index is 0.159. The van der Waals surface area contributed by atoms with Gasteiger partial charge in [0.2, 0.25) is 5.95 Å². The summed E-state index contributed by atoms with van der Waals surface area (Å²) in [5.41, 5.74) is 2.24. The van der Waals surface area contributed by atoms with Crippen molar-refractivity contribution in [2.75, 3.05) is 17.2 Å². The van der Waals surface area contributed by atoms with Crippen molar-refractivity contribution in [3.05, 3.63) is 45.9 Å². The van der Waals surface area contributed by atoms with E-state index in [1.54, 1.807) is 20.0 Å². The lowest BCUT2D eigenvalue weighted by molar-refractivity contribution is 0.608. The molecule has 0 unspecified atom stereocenters. The fraction of sp³-hybridized carbons (Fsp3) is 0.333. The summed E-state index contributed by atoms with van der Waals surface area (Å²) in [6.07, 6.45) is 1.55. The first-order valence-corrected chi connectivity index (χ1v) is 7.15. The Kier molecular flexibility index (Phi) is 4.96. The smallest absolute Gasteiger partial charge is 0.224 e. The van der Waals surface area contributed by atoms with Gasteiger partial charge in [-0.1, -0.05) is 23.7 Å². The van der Waals surface area contributed by atoms with Gasteiger partial charge in [0.1, 0.15) is 10.8 Å². The van der Waals surface area contributed by atoms with Crippen molar-refractivity contribution < 1.29 is 4.39 Å². The fourth-order valence-electron chi connectivity index (χ4n) is 2.06. The van der Waals surface area contributed by atoms with Crippen LogP contribution in [0, 0.1) is 19.7 Å². The number of nitrogens with zero attached hydrogens (tertiary/aromatic N) is 2. The number of hydrogen-bond donors (Lipinski definition) is 2. The molecular weight excluding hydrogens is 291 g/mol. The molecule has 0 radical (unpaired) electrons. The van der Waals surface area contributed by atoms with E-state index >= 15 is 0 Å². The maximum atomic E-state index is 13.6. The average molecular weight is 309 g/mol. The highest BCUT2D eigenvalue weighted by molar-refractivity contribution is 6.32. The standard InChI is InChI=1S/C15H18ClFN4/c1-4-18-15-20-8-12(16)14(21-15)19-7-11-5-9(2)13(17)10(3)6-11/h5-6,8H,4,7H2,1-3H3,(H2,18,19,20,21). The molecule has 0 saturated carbocycles. The Labute approximate surface area is 128 Å². The van der Waals surface area contributed by atoms with E-state index in [0.717, 1.165) is 12.1 Å². The van der Waals surface area contributed by atoms with E-state index in [1.807, 2.05) is 19.1 Å². The fourth-order valence-corrected chi connectivity index (χ4v) is 2.22. The lowest BCUT2D eigenvalue weighted by Crippen LogP contribution is -2.07. The molecule has 1 aromatic heterocycles. The third kappa shape index (κ3) is 3.82. The second-order valence-electron chi connectivity index (χ2n) is 4.82. The van der Waals surface area contributed by atoms with E-state index in [2.05, 4.69) is 20.6 Å². The van der Waals surface area contributed by atoms with E-state index in [9.17, 15) is 4.39 Å². The van der Waals surface area contributed by atoms with Gasteiger partial charge in [0.15, 0.2) is 5.82 Å². The van der Waals surface area contributed by atoms with Gasteiger partial charge in [-0.05, 0) is 37.5 Å². The normalized spacial score (nSPS) is 10.5. The SMILES string of the molecule is CCNc1ncc(Cl)c(NCc2cc(C)c(F)c(C)c2)n1. The topological polar surface area (TPSA) is 49.8 Å². The van der Waals surface area contributed by atoms with Crippen molar-refractivity contribution >= 4 is 23.4 Å². The highest BCUT2D eigenvalue weighted by Crippen LogP contribution is 2.21. The lowest BCUT2D eigenvalue weighted by Gasteiger charge is -2.11. The van der Waals surface area contributed by atoms with Crippen molar-refractivity contribution in [3.8, 4) is 0 Å². The van der Waals surface area contributed by atoms with Crippen molar-refractivity contribution in [2.45, 2.75) is 27.3 Å². The molecule has 2 N–H and O–H groups in total. The maximum Gasteiger partial charge on any atom is 0.224 e. The van der Waals surface area contributed by atoms with Crippen LogP contribution in [0.15, 0.2) is 18.3 Å². The highest BCUT2D eigenvalue weighted by atomic mass is 35.5. The Hall–Kier alpha value is -1.88. The molecule has 0 aliphatic carbocycles. The molecule has 0 spiro atoms. The number of halogens is 2. The third-order valence-electron chi connectivity index (χ3n) is 3.04. The lowest BCUT2D eigenvalue weighted by atomic mass is 10.1. The molecule has 1 aromatic carbocycles. The zero-order valence-corrected chi connectivity index (χ0v) is 13.1. The van der Waals surface area contributed by atoms with Crippen LogP contribution in [0.4, 0.5) is 16.2 Å². The van der Waals surface area contributed by atoms with Gasteiger partial charge in [-0.15, -0.1) is 0 Å². The van der Waals surface area contributed by atoms with Crippen molar-refractivity contribution in [1.82, 2.24) is 9.97 Å². The predicted molar refractivity (Wildman–Crippen MR) is 84.4 cm³/mol. The molecule has 4 nitrogen and oxygen atoms in total. The molecule has 0 aliphatic rings. The van der Waals surface area contributed by atoms with Gasteiger partial charge in [0.05, 0.1) is 6.20 Å². The molecule has 21 heavy (non-hydrogen) atoms. The Balaban J connectivity index is 2.14. The van der Waals surface area contributed by atoms with Crippen LogP contribution in [0.25, 0.3) is 0 Å². The van der Waals surface area contributed by atoms with Crippen molar-refractivity contribution in [1.29, 1.82) is 0 Å². The number of aromatic nitrogens is 2. The molecule has 0 bridgehead atoms. The first kappa shape index (κ1) is 15.5. The van der Waals surface area contributed by atoms with Crippen LogP contribution >= 0.6 is 11.6 Å². The van der Waals surface area contributed by atoms with Crippen LogP contribution in [-0.2, 0) is 6.54 Å². The maximum absolute atomic E-state index is 13.6. The third-order valence-corrected chi connectivity index (χ3v) is 3.31. The number of benzene rings is 1. The first-order valence-electron chi connectivity index (χ1n) is 6.77. The Morgan fingerprint density at radius 1 is 1.19 bits per heavy atom. The molecule has 2 rings (SSSR count). The summed E-state index contributed by atoms with van der Waals surface area (Å²) in [5.74, 6) is 0.923. The van der Waals surface area contributed by atoms with Crippen LogP contribution in [-0.4, -0.2) is 16.5 Å². The molecule has 0 atom stereocenters. The average Bonchev–Trinajstić information content (AvgIpc) is 2.45. The molecule has 2 aromatic rings. The van der Waals surface area contributed by atoms with Gasteiger partial charge in [0.25, 0.3) is 0 Å². The van der Waals surface area contributed by atoms with Crippen molar-refractivity contribution in [3.63, 3.8) is 0 Å². The predicted octanol–water partition coefficient (Wildman–Crippen LogP) is 3.93. The summed E-state index contributed by atoms with van der Waals surface area (Å²) in [6, 6.07) is 3.63. The van der Waals surface area contributed by atoms with E-state index in [-0.39, 0.29) is 5.82 Å². The van der Waals surface area contributed by atoms with E-state index in [1.165, 1.54) is 0 Å². The second-order valence-corrected chi connectivity index (χ2v) is 5.22. The minimum Gasteiger partial charge on any atom is -0.365 e. The second kappa shape index (κ2) is 6.72. The van der Waals surface area contributed by atoms with Crippen LogP contribution in [0.2, 0.25) is 5.02 Å². The van der Waals surface area contributed by atoms with Crippen LogP contribution < -0.4 is 10.6 Å². The number of rotatable bonds is 5. The van der Waals surface area contributed by atoms with Crippen LogP contribution in [0.3, 0.4) is 0 Å². The Bertz CT molecular complexity index is 623. The molecule has 1 heterocycles. The molecule has 6 heteroatoms. The molecule has 0 amide bonds. The summed E-state index contributed by atoms with van der Waals surface area (Å²) in [4.78, 5) is 8.38. The zero-order chi connectivity index (χ0) is 15.4. The zero-order valence-electron chi connectivity index (χ0n) is 12.3. The summed E-state index contributed by atoms with van der Waals surface area (Å²) in [6.45, 7) is 6.73.